The van der Waals surface area contributed by atoms with E-state index in [9.17, 15) is 4.79 Å². The number of rotatable bonds is 4. The minimum absolute atomic E-state index is 0.407. The second kappa shape index (κ2) is 8.80. The van der Waals surface area contributed by atoms with Crippen molar-refractivity contribution in [3.05, 3.63) is 83.4 Å². The van der Waals surface area contributed by atoms with E-state index >= 15 is 0 Å². The molecule has 2 aliphatic heterocycles. The van der Waals surface area contributed by atoms with Crippen LogP contribution in [0.3, 0.4) is 0 Å². The molecule has 0 aromatic heterocycles. The number of fused-ring (bicyclic) bond motifs is 2. The van der Waals surface area contributed by atoms with Gasteiger partial charge in [0.1, 0.15) is 11.4 Å². The number of ether oxygens (including phenoxy) is 2. The first kappa shape index (κ1) is 20.2. The molecule has 0 atom stereocenters. The number of benzene rings is 3. The number of carbonyl (C=O) groups excluding carboxylic acids is 1. The van der Waals surface area contributed by atoms with Crippen LogP contribution in [-0.2, 0) is 4.74 Å². The van der Waals surface area contributed by atoms with Crippen LogP contribution in [0.1, 0.15) is 21.5 Å². The molecule has 0 aliphatic carbocycles. The van der Waals surface area contributed by atoms with Crippen molar-refractivity contribution < 1.29 is 19.5 Å². The number of aliphatic imine (C=N–C) groups is 1. The second-order valence-electron chi connectivity index (χ2n) is 7.45. The highest BCUT2D eigenvalue weighted by Gasteiger charge is 2.22. The fourth-order valence-electron chi connectivity index (χ4n) is 3.87. The summed E-state index contributed by atoms with van der Waals surface area (Å²) in [4.78, 5) is 19.1. The Morgan fingerprint density at radius 3 is 2.53 bits per heavy atom. The number of nitrogens with one attached hydrogen (secondary N) is 2. The van der Waals surface area contributed by atoms with E-state index in [4.69, 9.17) is 19.7 Å². The largest absolute Gasteiger partial charge is 0.454 e. The predicted octanol–water partition coefficient (Wildman–Crippen LogP) is 3.42. The van der Waals surface area contributed by atoms with Gasteiger partial charge in [0.2, 0.25) is 0 Å². The zero-order chi connectivity index (χ0) is 21.9. The summed E-state index contributed by atoms with van der Waals surface area (Å²) in [6.45, 7) is 3.09. The lowest BCUT2D eigenvalue weighted by Gasteiger charge is -2.29. The van der Waals surface area contributed by atoms with Crippen LogP contribution in [0, 0.1) is 0 Å². The number of anilines is 1. The van der Waals surface area contributed by atoms with E-state index in [2.05, 4.69) is 16.4 Å². The summed E-state index contributed by atoms with van der Waals surface area (Å²) < 4.78 is 11.8. The molecule has 2 heterocycles. The van der Waals surface area contributed by atoms with Crippen molar-refractivity contribution in [3.63, 3.8) is 0 Å². The Bertz CT molecular complexity index is 1170. The molecule has 2 aliphatic rings. The van der Waals surface area contributed by atoms with Crippen LogP contribution in [0.5, 0.6) is 11.5 Å². The van der Waals surface area contributed by atoms with Gasteiger partial charge < -0.3 is 14.4 Å². The molecule has 5 rings (SSSR count). The molecule has 3 aromatic carbocycles. The first-order chi connectivity index (χ1) is 15.7. The number of carbonyl (C=O) groups is 1. The van der Waals surface area contributed by atoms with E-state index in [1.54, 1.807) is 17.7 Å². The molecule has 8 heteroatoms. The van der Waals surface area contributed by atoms with E-state index in [1.165, 1.54) is 0 Å². The molecule has 32 heavy (non-hydrogen) atoms. The van der Waals surface area contributed by atoms with Crippen LogP contribution in [0.2, 0.25) is 0 Å². The highest BCUT2D eigenvalue weighted by Crippen LogP contribution is 2.40. The minimum atomic E-state index is -0.439. The van der Waals surface area contributed by atoms with E-state index in [1.807, 2.05) is 48.5 Å². The van der Waals surface area contributed by atoms with Gasteiger partial charge in [-0.05, 0) is 36.4 Å². The molecule has 8 nitrogen and oxygen atoms in total. The van der Waals surface area contributed by atoms with Crippen molar-refractivity contribution in [3.8, 4) is 11.5 Å². The van der Waals surface area contributed by atoms with Crippen LogP contribution in [0.25, 0.3) is 0 Å². The van der Waals surface area contributed by atoms with Gasteiger partial charge >= 0.3 is 0 Å². The summed E-state index contributed by atoms with van der Waals surface area (Å²) in [5, 5.41) is 8.68. The van der Waals surface area contributed by atoms with Gasteiger partial charge in [0.15, 0.2) is 5.75 Å². The van der Waals surface area contributed by atoms with Gasteiger partial charge in [0.25, 0.3) is 5.91 Å². The van der Waals surface area contributed by atoms with Crippen molar-refractivity contribution in [2.24, 2.45) is 4.99 Å². The Morgan fingerprint density at radius 2 is 1.75 bits per heavy atom. The average Bonchev–Trinajstić information content (AvgIpc) is 3.01. The van der Waals surface area contributed by atoms with E-state index in [0.29, 0.717) is 24.5 Å². The lowest BCUT2D eigenvalue weighted by Crippen LogP contribution is -2.36. The van der Waals surface area contributed by atoms with Crippen molar-refractivity contribution >= 4 is 23.0 Å². The van der Waals surface area contributed by atoms with E-state index < -0.39 is 5.91 Å². The first-order valence-electron chi connectivity index (χ1n) is 10.4. The van der Waals surface area contributed by atoms with Crippen molar-refractivity contribution in [2.75, 3.05) is 31.2 Å². The molecule has 3 aromatic rings. The highest BCUT2D eigenvalue weighted by molar-refractivity contribution is 6.16. The SMILES string of the molecule is O=C(NNO)c1ccc(C2=Nc3ccccc3Oc3cc(N4CCOCC4)ccc32)cc1. The Hall–Kier alpha value is -3.72. The van der Waals surface area contributed by atoms with Gasteiger partial charge in [-0.25, -0.2) is 4.99 Å². The lowest BCUT2D eigenvalue weighted by molar-refractivity contribution is 0.0731. The van der Waals surface area contributed by atoms with E-state index in [-0.39, 0.29) is 0 Å². The summed E-state index contributed by atoms with van der Waals surface area (Å²) in [6.07, 6.45) is 0. The number of nitrogens with zero attached hydrogens (tertiary/aromatic N) is 2. The Morgan fingerprint density at radius 1 is 0.969 bits per heavy atom. The van der Waals surface area contributed by atoms with Crippen molar-refractivity contribution in [1.82, 2.24) is 11.0 Å². The Balaban J connectivity index is 1.57. The highest BCUT2D eigenvalue weighted by atomic mass is 16.5. The predicted molar refractivity (Wildman–Crippen MR) is 120 cm³/mol. The first-order valence-corrected chi connectivity index (χ1v) is 10.4. The zero-order valence-corrected chi connectivity index (χ0v) is 17.2. The number of morpholine rings is 1. The number of hydrogen-bond donors (Lipinski definition) is 3. The second-order valence-corrected chi connectivity index (χ2v) is 7.45. The van der Waals surface area contributed by atoms with Gasteiger partial charge in [-0.15, -0.1) is 5.59 Å². The summed E-state index contributed by atoms with van der Waals surface area (Å²) in [5.41, 5.74) is 8.49. The third kappa shape index (κ3) is 3.94. The van der Waals surface area contributed by atoms with Gasteiger partial charge in [0, 0.05) is 41.5 Å². The molecule has 0 saturated carbocycles. The topological polar surface area (TPSA) is 95.4 Å². The summed E-state index contributed by atoms with van der Waals surface area (Å²) in [5.74, 6) is 0.975. The standard InChI is InChI=1S/C24H22N4O4/c29-24(26-27-30)17-7-5-16(6-8-17)23-19-10-9-18(28-11-13-31-14-12-28)15-22(19)32-21-4-2-1-3-20(21)25-23/h1-10,15,27,30H,11-14H2,(H,26,29). The maximum Gasteiger partial charge on any atom is 0.267 e. The molecule has 162 valence electrons. The molecular formula is C24H22N4O4. The lowest BCUT2D eigenvalue weighted by atomic mass is 9.99. The van der Waals surface area contributed by atoms with Crippen LogP contribution in [0.15, 0.2) is 71.7 Å². The minimum Gasteiger partial charge on any atom is -0.454 e. The van der Waals surface area contributed by atoms with Crippen LogP contribution >= 0.6 is 0 Å². The maximum atomic E-state index is 11.9. The Labute approximate surface area is 185 Å². The maximum absolute atomic E-state index is 11.9. The Kier molecular flexibility index (Phi) is 5.55. The van der Waals surface area contributed by atoms with Crippen molar-refractivity contribution in [2.45, 2.75) is 0 Å². The number of hydrazine groups is 1. The van der Waals surface area contributed by atoms with E-state index in [0.717, 1.165) is 47.1 Å². The van der Waals surface area contributed by atoms with Gasteiger partial charge in [-0.3, -0.25) is 15.4 Å². The molecule has 1 saturated heterocycles. The van der Waals surface area contributed by atoms with Crippen molar-refractivity contribution in [1.29, 1.82) is 0 Å². The average molecular weight is 430 g/mol. The third-order valence-electron chi connectivity index (χ3n) is 5.50. The monoisotopic (exact) mass is 430 g/mol. The number of hydrogen-bond acceptors (Lipinski definition) is 7. The van der Waals surface area contributed by atoms with Gasteiger partial charge in [-0.2, -0.15) is 0 Å². The van der Waals surface area contributed by atoms with Crippen LogP contribution in [-0.4, -0.2) is 43.1 Å². The molecule has 1 fully saturated rings. The summed E-state index contributed by atoms with van der Waals surface area (Å²) in [7, 11) is 0. The summed E-state index contributed by atoms with van der Waals surface area (Å²) in [6, 6.07) is 20.9. The summed E-state index contributed by atoms with van der Waals surface area (Å²) >= 11 is 0. The smallest absolute Gasteiger partial charge is 0.267 e. The van der Waals surface area contributed by atoms with Gasteiger partial charge in [-0.1, -0.05) is 24.3 Å². The molecule has 0 unspecified atom stereocenters. The molecule has 3 N–H and O–H groups in total. The molecule has 0 radical (unpaired) electrons. The molecule has 0 bridgehead atoms. The quantitative estimate of drug-likeness (QED) is 0.430. The fraction of sp³-hybridized carbons (Fsp3) is 0.167. The van der Waals surface area contributed by atoms with Crippen LogP contribution < -0.4 is 20.7 Å². The zero-order valence-electron chi connectivity index (χ0n) is 17.2. The number of para-hydroxylation sites is 2. The van der Waals surface area contributed by atoms with Crippen LogP contribution in [0.4, 0.5) is 11.4 Å². The van der Waals surface area contributed by atoms with Gasteiger partial charge in [0.05, 0.1) is 18.9 Å². The third-order valence-corrected chi connectivity index (χ3v) is 5.50. The normalized spacial score (nSPS) is 15.0. The molecule has 0 spiro atoms. The molecular weight excluding hydrogens is 408 g/mol. The number of amides is 1. The fourth-order valence-corrected chi connectivity index (χ4v) is 3.87. The molecule has 1 amide bonds.